The van der Waals surface area contributed by atoms with Crippen molar-refractivity contribution in [3.05, 3.63) is 47.0 Å². The molecule has 4 heterocycles. The van der Waals surface area contributed by atoms with Crippen LogP contribution in [0.2, 0.25) is 0 Å². The Morgan fingerprint density at radius 2 is 2.12 bits per heavy atom. The van der Waals surface area contributed by atoms with Gasteiger partial charge < -0.3 is 4.57 Å². The van der Waals surface area contributed by atoms with Crippen LogP contribution >= 0.6 is 11.3 Å². The van der Waals surface area contributed by atoms with E-state index < -0.39 is 0 Å². The molecular weight excluding hydrogens is 320 g/mol. The summed E-state index contributed by atoms with van der Waals surface area (Å²) in [6.07, 6.45) is 9.90. The van der Waals surface area contributed by atoms with Gasteiger partial charge in [-0.25, -0.2) is 15.0 Å². The zero-order valence-corrected chi connectivity index (χ0v) is 14.8. The van der Waals surface area contributed by atoms with Crippen molar-refractivity contribution in [2.45, 2.75) is 32.9 Å². The van der Waals surface area contributed by atoms with Crippen LogP contribution in [0.25, 0.3) is 10.7 Å². The minimum Gasteiger partial charge on any atom is -0.337 e. The number of aliphatic imine (C=N–C) groups is 1. The standard InChI is InChI=1S/C17H20N6S/c1-11-4-5-12(2)23-16(11)20-14(21-23)6-7-15-19-13(10-22(15)3)17-18-8-9-24-17/h4-5,8-10,16H,6-7H2,1-3H3,(H,20,21). The zero-order chi connectivity index (χ0) is 16.7. The van der Waals surface area contributed by atoms with Crippen molar-refractivity contribution in [1.82, 2.24) is 25.0 Å². The molecule has 4 rings (SSSR count). The Morgan fingerprint density at radius 1 is 1.25 bits per heavy atom. The van der Waals surface area contributed by atoms with Gasteiger partial charge in [0, 0.05) is 43.4 Å². The number of thiazole rings is 1. The Morgan fingerprint density at radius 3 is 2.88 bits per heavy atom. The van der Waals surface area contributed by atoms with E-state index in [9.17, 15) is 0 Å². The van der Waals surface area contributed by atoms with Crippen LogP contribution in [0.15, 0.2) is 46.2 Å². The number of hydrogen-bond donors (Lipinski definition) is 1. The second-order valence-corrected chi connectivity index (χ2v) is 7.04. The molecule has 0 aliphatic carbocycles. The molecule has 2 aliphatic rings. The molecule has 0 aromatic carbocycles. The summed E-state index contributed by atoms with van der Waals surface area (Å²) in [5, 5.41) is 5.07. The number of aryl methyl sites for hydroxylation is 2. The molecule has 0 amide bonds. The van der Waals surface area contributed by atoms with Crippen molar-refractivity contribution in [2.24, 2.45) is 12.0 Å². The largest absolute Gasteiger partial charge is 0.337 e. The highest BCUT2D eigenvalue weighted by atomic mass is 32.1. The average Bonchev–Trinajstić information content (AvgIpc) is 3.28. The number of hydrazine groups is 1. The summed E-state index contributed by atoms with van der Waals surface area (Å²) >= 11 is 1.61. The second-order valence-electron chi connectivity index (χ2n) is 6.14. The number of aromatic nitrogens is 3. The van der Waals surface area contributed by atoms with Crippen molar-refractivity contribution in [2.75, 3.05) is 0 Å². The number of hydrogen-bond acceptors (Lipinski definition) is 6. The third-order valence-corrected chi connectivity index (χ3v) is 5.15. The Bertz CT molecular complexity index is 843. The van der Waals surface area contributed by atoms with E-state index in [1.54, 1.807) is 11.3 Å². The van der Waals surface area contributed by atoms with Crippen LogP contribution in [-0.4, -0.2) is 31.5 Å². The number of allylic oxidation sites excluding steroid dienone is 3. The lowest BCUT2D eigenvalue weighted by molar-refractivity contribution is 0.273. The van der Waals surface area contributed by atoms with Gasteiger partial charge in [0.05, 0.1) is 0 Å². The maximum atomic E-state index is 4.82. The third-order valence-electron chi connectivity index (χ3n) is 4.36. The van der Waals surface area contributed by atoms with Gasteiger partial charge in [-0.05, 0) is 25.5 Å². The lowest BCUT2D eigenvalue weighted by Gasteiger charge is -2.29. The van der Waals surface area contributed by atoms with Crippen molar-refractivity contribution in [3.63, 3.8) is 0 Å². The normalized spacial score (nSPS) is 19.5. The molecule has 24 heavy (non-hydrogen) atoms. The molecule has 0 fully saturated rings. The first-order valence-electron chi connectivity index (χ1n) is 8.01. The number of nitrogens with one attached hydrogen (secondary N) is 1. The summed E-state index contributed by atoms with van der Waals surface area (Å²) in [6, 6.07) is 0. The number of amidine groups is 1. The average molecular weight is 340 g/mol. The van der Waals surface area contributed by atoms with E-state index in [0.717, 1.165) is 35.2 Å². The topological polar surface area (TPSA) is 58.3 Å². The first-order valence-corrected chi connectivity index (χ1v) is 8.89. The zero-order valence-electron chi connectivity index (χ0n) is 14.0. The van der Waals surface area contributed by atoms with E-state index in [1.807, 2.05) is 24.8 Å². The van der Waals surface area contributed by atoms with Crippen LogP contribution in [0.5, 0.6) is 0 Å². The molecule has 0 bridgehead atoms. The van der Waals surface area contributed by atoms with Gasteiger partial charge >= 0.3 is 0 Å². The van der Waals surface area contributed by atoms with Gasteiger partial charge in [-0.15, -0.1) is 11.3 Å². The molecule has 124 valence electrons. The fourth-order valence-corrected chi connectivity index (χ4v) is 3.57. The summed E-state index contributed by atoms with van der Waals surface area (Å²) in [4.78, 5) is 13.9. The van der Waals surface area contributed by atoms with E-state index in [4.69, 9.17) is 9.98 Å². The van der Waals surface area contributed by atoms with Crippen molar-refractivity contribution < 1.29 is 0 Å². The number of nitrogens with zero attached hydrogens (tertiary/aromatic N) is 5. The smallest absolute Gasteiger partial charge is 0.163 e. The first-order chi connectivity index (χ1) is 11.6. The minimum atomic E-state index is 0.0947. The second kappa shape index (κ2) is 5.90. The molecule has 1 atom stereocenters. The molecule has 1 unspecified atom stereocenters. The van der Waals surface area contributed by atoms with E-state index in [1.165, 1.54) is 11.3 Å². The van der Waals surface area contributed by atoms with Crippen LogP contribution in [-0.2, 0) is 13.5 Å². The van der Waals surface area contributed by atoms with Gasteiger partial charge in [-0.3, -0.25) is 10.4 Å². The minimum absolute atomic E-state index is 0.0947. The Kier molecular flexibility index (Phi) is 3.72. The Labute approximate surface area is 145 Å². The summed E-state index contributed by atoms with van der Waals surface area (Å²) in [5.74, 6) is 2.07. The van der Waals surface area contributed by atoms with E-state index in [-0.39, 0.29) is 6.17 Å². The third kappa shape index (κ3) is 2.65. The van der Waals surface area contributed by atoms with Gasteiger partial charge in [-0.1, -0.05) is 6.08 Å². The van der Waals surface area contributed by atoms with Gasteiger partial charge in [0.15, 0.2) is 6.17 Å². The van der Waals surface area contributed by atoms with Gasteiger partial charge in [0.2, 0.25) is 0 Å². The van der Waals surface area contributed by atoms with E-state index in [0.29, 0.717) is 0 Å². The molecule has 1 N–H and O–H groups in total. The maximum absolute atomic E-state index is 4.82. The van der Waals surface area contributed by atoms with Gasteiger partial charge in [0.25, 0.3) is 0 Å². The van der Waals surface area contributed by atoms with E-state index >= 15 is 0 Å². The van der Waals surface area contributed by atoms with Crippen LogP contribution in [0, 0.1) is 0 Å². The molecule has 2 aliphatic heterocycles. The summed E-state index contributed by atoms with van der Waals surface area (Å²) in [6.45, 7) is 4.22. The Balaban J connectivity index is 1.46. The lowest BCUT2D eigenvalue weighted by Crippen LogP contribution is -2.41. The fraction of sp³-hybridized carbons (Fsp3) is 0.353. The summed E-state index contributed by atoms with van der Waals surface area (Å²) < 4.78 is 2.08. The lowest BCUT2D eigenvalue weighted by atomic mass is 10.1. The molecule has 0 radical (unpaired) electrons. The van der Waals surface area contributed by atoms with Crippen LogP contribution in [0.4, 0.5) is 0 Å². The summed E-state index contributed by atoms with van der Waals surface area (Å²) in [7, 11) is 2.03. The van der Waals surface area contributed by atoms with Crippen molar-refractivity contribution >= 4 is 17.2 Å². The molecule has 2 aromatic rings. The molecule has 7 heteroatoms. The predicted molar refractivity (Wildman–Crippen MR) is 96.3 cm³/mol. The molecule has 0 saturated carbocycles. The fourth-order valence-electron chi connectivity index (χ4n) is 2.98. The first kappa shape index (κ1) is 15.1. The van der Waals surface area contributed by atoms with Crippen LogP contribution in [0.1, 0.15) is 26.1 Å². The molecule has 2 aromatic heterocycles. The van der Waals surface area contributed by atoms with Gasteiger partial charge in [-0.2, -0.15) is 0 Å². The molecule has 0 spiro atoms. The number of rotatable bonds is 4. The van der Waals surface area contributed by atoms with E-state index in [2.05, 4.69) is 46.0 Å². The SMILES string of the molecule is CC1=CC=C(C)N2NC(CCc3nc(-c4nccs4)cn3C)=NC12. The Hall–Kier alpha value is -2.41. The molecule has 6 nitrogen and oxygen atoms in total. The number of fused-ring (bicyclic) bond motifs is 1. The quantitative estimate of drug-likeness (QED) is 0.930. The highest BCUT2D eigenvalue weighted by Crippen LogP contribution is 2.25. The van der Waals surface area contributed by atoms with Crippen molar-refractivity contribution in [1.29, 1.82) is 0 Å². The van der Waals surface area contributed by atoms with Crippen LogP contribution in [0.3, 0.4) is 0 Å². The predicted octanol–water partition coefficient (Wildman–Crippen LogP) is 2.88. The van der Waals surface area contributed by atoms with Gasteiger partial charge in [0.1, 0.15) is 22.4 Å². The highest BCUT2D eigenvalue weighted by Gasteiger charge is 2.29. The molecule has 0 saturated heterocycles. The number of imidazole rings is 1. The highest BCUT2D eigenvalue weighted by molar-refractivity contribution is 7.13. The van der Waals surface area contributed by atoms with Crippen LogP contribution < -0.4 is 5.43 Å². The maximum Gasteiger partial charge on any atom is 0.163 e. The molecular formula is C17H20N6S. The van der Waals surface area contributed by atoms with Crippen molar-refractivity contribution in [3.8, 4) is 10.7 Å². The summed E-state index contributed by atoms with van der Waals surface area (Å²) in [5.41, 5.74) is 6.81. The monoisotopic (exact) mass is 340 g/mol.